The highest BCUT2D eigenvalue weighted by atomic mass is 16.5. The molecule has 3 heteroatoms. The highest BCUT2D eigenvalue weighted by Crippen LogP contribution is 2.30. The van der Waals surface area contributed by atoms with Crippen molar-refractivity contribution in [3.63, 3.8) is 0 Å². The van der Waals surface area contributed by atoms with Gasteiger partial charge in [-0.2, -0.15) is 0 Å². The summed E-state index contributed by atoms with van der Waals surface area (Å²) in [6.45, 7) is 9.65. The average Bonchev–Trinajstić information content (AvgIpc) is 2.18. The van der Waals surface area contributed by atoms with Crippen LogP contribution in [0, 0.1) is 17.3 Å². The van der Waals surface area contributed by atoms with Crippen LogP contribution < -0.4 is 0 Å². The molecule has 0 radical (unpaired) electrons. The molecule has 0 aromatic heterocycles. The zero-order valence-electron chi connectivity index (χ0n) is 10.5. The zero-order chi connectivity index (χ0) is 11.9. The van der Waals surface area contributed by atoms with Gasteiger partial charge >= 0.3 is 0 Å². The SMILES string of the molecule is CC(C)COCCC(CO)(CO)C(C)C. The van der Waals surface area contributed by atoms with Gasteiger partial charge in [0.2, 0.25) is 0 Å². The van der Waals surface area contributed by atoms with Crippen LogP contribution in [-0.4, -0.2) is 36.6 Å². The molecule has 92 valence electrons. The lowest BCUT2D eigenvalue weighted by Gasteiger charge is -2.33. The lowest BCUT2D eigenvalue weighted by molar-refractivity contribution is -0.0180. The third-order valence-electron chi connectivity index (χ3n) is 3.05. The second kappa shape index (κ2) is 7.20. The summed E-state index contributed by atoms with van der Waals surface area (Å²) in [4.78, 5) is 0. The fraction of sp³-hybridized carbons (Fsp3) is 1.00. The van der Waals surface area contributed by atoms with Crippen molar-refractivity contribution in [1.29, 1.82) is 0 Å². The van der Waals surface area contributed by atoms with E-state index in [9.17, 15) is 10.2 Å². The predicted molar refractivity (Wildman–Crippen MR) is 61.7 cm³/mol. The summed E-state index contributed by atoms with van der Waals surface area (Å²) in [6, 6.07) is 0. The molecule has 0 aliphatic heterocycles. The molecule has 0 aliphatic rings. The van der Waals surface area contributed by atoms with Crippen LogP contribution in [0.5, 0.6) is 0 Å². The summed E-state index contributed by atoms with van der Waals surface area (Å²) in [7, 11) is 0. The van der Waals surface area contributed by atoms with Crippen molar-refractivity contribution in [3.8, 4) is 0 Å². The standard InChI is InChI=1S/C12H26O3/c1-10(2)7-15-6-5-12(8-13,9-14)11(3)4/h10-11,13-14H,5-9H2,1-4H3. The number of aliphatic hydroxyl groups is 2. The maximum absolute atomic E-state index is 9.34. The number of aliphatic hydroxyl groups excluding tert-OH is 2. The molecule has 0 saturated heterocycles. The lowest BCUT2D eigenvalue weighted by atomic mass is 9.76. The second-order valence-electron chi connectivity index (χ2n) is 5.05. The Kier molecular flexibility index (Phi) is 7.14. The van der Waals surface area contributed by atoms with Crippen LogP contribution >= 0.6 is 0 Å². The second-order valence-corrected chi connectivity index (χ2v) is 5.05. The van der Waals surface area contributed by atoms with E-state index in [1.807, 2.05) is 13.8 Å². The summed E-state index contributed by atoms with van der Waals surface area (Å²) >= 11 is 0. The molecule has 0 aliphatic carbocycles. The Labute approximate surface area is 93.5 Å². The fourth-order valence-corrected chi connectivity index (χ4v) is 1.46. The minimum absolute atomic E-state index is 0.0200. The number of rotatable bonds is 8. The molecule has 2 N–H and O–H groups in total. The molecule has 0 atom stereocenters. The Bertz CT molecular complexity index is 151. The van der Waals surface area contributed by atoms with Gasteiger partial charge in [0.05, 0.1) is 13.2 Å². The van der Waals surface area contributed by atoms with Crippen LogP contribution in [0.2, 0.25) is 0 Å². The average molecular weight is 218 g/mol. The molecule has 0 aromatic rings. The number of ether oxygens (including phenoxy) is 1. The van der Waals surface area contributed by atoms with Crippen molar-refractivity contribution in [3.05, 3.63) is 0 Å². The van der Waals surface area contributed by atoms with Crippen molar-refractivity contribution in [2.45, 2.75) is 34.1 Å². The molecule has 0 saturated carbocycles. The van der Waals surface area contributed by atoms with E-state index in [4.69, 9.17) is 4.74 Å². The first-order chi connectivity index (χ1) is 6.98. The minimum atomic E-state index is -0.392. The highest BCUT2D eigenvalue weighted by molar-refractivity contribution is 4.81. The van der Waals surface area contributed by atoms with Crippen molar-refractivity contribution in [2.24, 2.45) is 17.3 Å². The first-order valence-electron chi connectivity index (χ1n) is 5.78. The molecule has 0 unspecified atom stereocenters. The smallest absolute Gasteiger partial charge is 0.0512 e. The minimum Gasteiger partial charge on any atom is -0.396 e. The van der Waals surface area contributed by atoms with Crippen molar-refractivity contribution in [2.75, 3.05) is 26.4 Å². The molecule has 0 spiro atoms. The Balaban J connectivity index is 3.96. The Morgan fingerprint density at radius 3 is 1.93 bits per heavy atom. The molecule has 0 rings (SSSR count). The topological polar surface area (TPSA) is 49.7 Å². The van der Waals surface area contributed by atoms with Gasteiger partial charge in [0.25, 0.3) is 0 Å². The van der Waals surface area contributed by atoms with Gasteiger partial charge in [0.15, 0.2) is 0 Å². The number of hydrogen-bond donors (Lipinski definition) is 2. The van der Waals surface area contributed by atoms with E-state index in [0.717, 1.165) is 6.61 Å². The van der Waals surface area contributed by atoms with Gasteiger partial charge in [-0.15, -0.1) is 0 Å². The van der Waals surface area contributed by atoms with Gasteiger partial charge in [0.1, 0.15) is 0 Å². The van der Waals surface area contributed by atoms with E-state index in [-0.39, 0.29) is 19.1 Å². The number of hydrogen-bond acceptors (Lipinski definition) is 3. The molecule has 0 aromatic carbocycles. The highest BCUT2D eigenvalue weighted by Gasteiger charge is 2.32. The first kappa shape index (κ1) is 14.9. The van der Waals surface area contributed by atoms with E-state index < -0.39 is 5.41 Å². The zero-order valence-corrected chi connectivity index (χ0v) is 10.5. The quantitative estimate of drug-likeness (QED) is 0.609. The van der Waals surface area contributed by atoms with Gasteiger partial charge in [-0.05, 0) is 18.3 Å². The molecule has 0 fully saturated rings. The summed E-state index contributed by atoms with van der Waals surface area (Å²) in [5, 5.41) is 18.7. The normalized spacial score (nSPS) is 12.8. The lowest BCUT2D eigenvalue weighted by Crippen LogP contribution is -2.36. The van der Waals surface area contributed by atoms with Gasteiger partial charge < -0.3 is 14.9 Å². The summed E-state index contributed by atoms with van der Waals surface area (Å²) < 4.78 is 5.48. The van der Waals surface area contributed by atoms with E-state index in [1.54, 1.807) is 0 Å². The Morgan fingerprint density at radius 2 is 1.60 bits per heavy atom. The van der Waals surface area contributed by atoms with Gasteiger partial charge in [0, 0.05) is 18.6 Å². The van der Waals surface area contributed by atoms with Gasteiger partial charge in [-0.25, -0.2) is 0 Å². The van der Waals surface area contributed by atoms with Crippen LogP contribution in [0.3, 0.4) is 0 Å². The van der Waals surface area contributed by atoms with Crippen LogP contribution in [0.25, 0.3) is 0 Å². The fourth-order valence-electron chi connectivity index (χ4n) is 1.46. The maximum Gasteiger partial charge on any atom is 0.0512 e. The van der Waals surface area contributed by atoms with Crippen molar-refractivity contribution in [1.82, 2.24) is 0 Å². The van der Waals surface area contributed by atoms with Crippen molar-refractivity contribution < 1.29 is 14.9 Å². The van der Waals surface area contributed by atoms with Crippen LogP contribution in [0.15, 0.2) is 0 Å². The molecular formula is C12H26O3. The molecule has 3 nitrogen and oxygen atoms in total. The van der Waals surface area contributed by atoms with Crippen molar-refractivity contribution >= 4 is 0 Å². The third kappa shape index (κ3) is 4.96. The molecule has 15 heavy (non-hydrogen) atoms. The predicted octanol–water partition coefficient (Wildman–Crippen LogP) is 1.68. The molecular weight excluding hydrogens is 192 g/mol. The van der Waals surface area contributed by atoms with Gasteiger partial charge in [-0.3, -0.25) is 0 Å². The Morgan fingerprint density at radius 1 is 1.07 bits per heavy atom. The van der Waals surface area contributed by atoms with E-state index >= 15 is 0 Å². The summed E-state index contributed by atoms with van der Waals surface area (Å²) in [5.74, 6) is 0.789. The largest absolute Gasteiger partial charge is 0.396 e. The van der Waals surface area contributed by atoms with Gasteiger partial charge in [-0.1, -0.05) is 27.7 Å². The van der Waals surface area contributed by atoms with E-state index in [1.165, 1.54) is 0 Å². The monoisotopic (exact) mass is 218 g/mol. The summed E-state index contributed by atoms with van der Waals surface area (Å²) in [5.41, 5.74) is -0.392. The summed E-state index contributed by atoms with van der Waals surface area (Å²) in [6.07, 6.45) is 0.713. The Hall–Kier alpha value is -0.120. The van der Waals surface area contributed by atoms with Crippen LogP contribution in [-0.2, 0) is 4.74 Å². The molecule has 0 heterocycles. The maximum atomic E-state index is 9.34. The van der Waals surface area contributed by atoms with E-state index in [2.05, 4.69) is 13.8 Å². The first-order valence-corrected chi connectivity index (χ1v) is 5.78. The third-order valence-corrected chi connectivity index (χ3v) is 3.05. The molecule has 0 amide bonds. The van der Waals surface area contributed by atoms with E-state index in [0.29, 0.717) is 18.9 Å². The molecule has 0 bridgehead atoms. The van der Waals surface area contributed by atoms with Crippen LogP contribution in [0.1, 0.15) is 34.1 Å². The van der Waals surface area contributed by atoms with Crippen LogP contribution in [0.4, 0.5) is 0 Å².